The quantitative estimate of drug-likeness (QED) is 0.449. The van der Waals surface area contributed by atoms with Gasteiger partial charge in [-0.15, -0.1) is 0 Å². The Morgan fingerprint density at radius 3 is 1.44 bits per heavy atom. The van der Waals surface area contributed by atoms with Crippen molar-refractivity contribution in [3.8, 4) is 22.3 Å². The van der Waals surface area contributed by atoms with Crippen molar-refractivity contribution in [3.63, 3.8) is 0 Å². The van der Waals surface area contributed by atoms with Gasteiger partial charge < -0.3 is 0 Å². The van der Waals surface area contributed by atoms with Crippen LogP contribution in [0.3, 0.4) is 0 Å². The third-order valence-corrected chi connectivity index (χ3v) is 4.45. The average Bonchev–Trinajstić information content (AvgIpc) is 2.70. The predicted molar refractivity (Wildman–Crippen MR) is 104 cm³/mol. The molecule has 0 amide bonds. The van der Waals surface area contributed by atoms with E-state index in [1.54, 1.807) is 0 Å². The Morgan fingerprint density at radius 2 is 0.960 bits per heavy atom. The van der Waals surface area contributed by atoms with E-state index in [0.29, 0.717) is 0 Å². The van der Waals surface area contributed by atoms with Gasteiger partial charge in [0.05, 0.1) is 0 Å². The van der Waals surface area contributed by atoms with Crippen LogP contribution in [0.1, 0.15) is 11.1 Å². The fraction of sp³-hybridized carbons (Fsp3) is 0.0417. The lowest BCUT2D eigenvalue weighted by atomic mass is 9.90. The molecule has 0 bridgehead atoms. The Labute approximate surface area is 148 Å². The molecule has 0 aliphatic heterocycles. The molecule has 0 spiro atoms. The summed E-state index contributed by atoms with van der Waals surface area (Å²) in [4.78, 5) is 4.54. The minimum Gasteiger partial charge on any atom is -0.263 e. The Bertz CT molecular complexity index is 887. The first-order valence-corrected chi connectivity index (χ1v) is 8.53. The molecule has 0 radical (unpaired) electrons. The van der Waals surface area contributed by atoms with E-state index in [1.165, 1.54) is 33.4 Å². The molecule has 4 rings (SSSR count). The summed E-state index contributed by atoms with van der Waals surface area (Å²) in [5.41, 5.74) is 7.44. The van der Waals surface area contributed by atoms with Gasteiger partial charge in [0.25, 0.3) is 0 Å². The molecule has 1 heterocycles. The van der Waals surface area contributed by atoms with E-state index >= 15 is 0 Å². The van der Waals surface area contributed by atoms with Crippen molar-refractivity contribution in [2.75, 3.05) is 0 Å². The molecule has 3 aromatic carbocycles. The smallest absolute Gasteiger partial charge is 0.0349 e. The van der Waals surface area contributed by atoms with E-state index in [1.807, 2.05) is 12.4 Å². The van der Waals surface area contributed by atoms with Crippen LogP contribution in [0, 0.1) is 0 Å². The molecule has 25 heavy (non-hydrogen) atoms. The molecule has 1 nitrogen and oxygen atoms in total. The zero-order valence-electron chi connectivity index (χ0n) is 14.0. The number of nitrogens with zero attached hydrogens (tertiary/aromatic N) is 1. The van der Waals surface area contributed by atoms with Gasteiger partial charge in [0.1, 0.15) is 0 Å². The molecule has 0 fully saturated rings. The topological polar surface area (TPSA) is 12.9 Å². The molecule has 1 aromatic heterocycles. The van der Waals surface area contributed by atoms with Crippen LogP contribution in [0.25, 0.3) is 22.3 Å². The fourth-order valence-corrected chi connectivity index (χ4v) is 3.21. The number of benzene rings is 3. The van der Waals surface area contributed by atoms with Crippen molar-refractivity contribution >= 4 is 0 Å². The standard InChI is InChI=1S/C24H19N/c1-4-10-19(11-5-1)16-22-23(20-12-6-2-7-13-20)17-25-18-24(22)21-14-8-3-9-15-21/h1-15,17-18H,16H2. The zero-order valence-corrected chi connectivity index (χ0v) is 14.0. The van der Waals surface area contributed by atoms with Crippen LogP contribution >= 0.6 is 0 Å². The van der Waals surface area contributed by atoms with Gasteiger partial charge in [-0.25, -0.2) is 0 Å². The van der Waals surface area contributed by atoms with E-state index in [-0.39, 0.29) is 0 Å². The summed E-state index contributed by atoms with van der Waals surface area (Å²) in [5.74, 6) is 0. The summed E-state index contributed by atoms with van der Waals surface area (Å²) in [6, 6.07) is 31.7. The first-order valence-electron chi connectivity index (χ1n) is 8.53. The van der Waals surface area contributed by atoms with Crippen molar-refractivity contribution in [1.29, 1.82) is 0 Å². The highest BCUT2D eigenvalue weighted by Crippen LogP contribution is 2.33. The second kappa shape index (κ2) is 7.14. The molecule has 0 saturated carbocycles. The Morgan fingerprint density at radius 1 is 0.520 bits per heavy atom. The Kier molecular flexibility index (Phi) is 4.38. The molecule has 0 saturated heterocycles. The first-order chi connectivity index (χ1) is 12.4. The zero-order chi connectivity index (χ0) is 16.9. The van der Waals surface area contributed by atoms with Gasteiger partial charge in [0.2, 0.25) is 0 Å². The third kappa shape index (κ3) is 3.36. The average molecular weight is 321 g/mol. The molecule has 0 aliphatic carbocycles. The van der Waals surface area contributed by atoms with Crippen LogP contribution in [-0.4, -0.2) is 4.98 Å². The highest BCUT2D eigenvalue weighted by molar-refractivity contribution is 5.78. The van der Waals surface area contributed by atoms with Crippen LogP contribution < -0.4 is 0 Å². The van der Waals surface area contributed by atoms with E-state index in [4.69, 9.17) is 0 Å². The molecule has 4 aromatic rings. The lowest BCUT2D eigenvalue weighted by molar-refractivity contribution is 1.17. The summed E-state index contributed by atoms with van der Waals surface area (Å²) in [7, 11) is 0. The van der Waals surface area contributed by atoms with Gasteiger partial charge in [0, 0.05) is 23.5 Å². The van der Waals surface area contributed by atoms with Crippen LogP contribution in [0.2, 0.25) is 0 Å². The van der Waals surface area contributed by atoms with Gasteiger partial charge in [-0.1, -0.05) is 91.0 Å². The minimum absolute atomic E-state index is 0.887. The summed E-state index contributed by atoms with van der Waals surface area (Å²) in [5, 5.41) is 0. The highest BCUT2D eigenvalue weighted by Gasteiger charge is 2.13. The van der Waals surface area contributed by atoms with Crippen molar-refractivity contribution < 1.29 is 0 Å². The maximum absolute atomic E-state index is 4.54. The molecule has 1 heteroatoms. The van der Waals surface area contributed by atoms with Gasteiger partial charge in [0.15, 0.2) is 0 Å². The molecule has 0 unspecified atom stereocenters. The van der Waals surface area contributed by atoms with Crippen LogP contribution in [0.15, 0.2) is 103 Å². The molecule has 120 valence electrons. The largest absolute Gasteiger partial charge is 0.263 e. The van der Waals surface area contributed by atoms with E-state index < -0.39 is 0 Å². The van der Waals surface area contributed by atoms with Crippen molar-refractivity contribution in [2.45, 2.75) is 6.42 Å². The van der Waals surface area contributed by atoms with E-state index in [0.717, 1.165) is 6.42 Å². The monoisotopic (exact) mass is 321 g/mol. The predicted octanol–water partition coefficient (Wildman–Crippen LogP) is 6.01. The molecular formula is C24H19N. The van der Waals surface area contributed by atoms with Crippen LogP contribution in [0.5, 0.6) is 0 Å². The van der Waals surface area contributed by atoms with Crippen molar-refractivity contribution in [3.05, 3.63) is 115 Å². The summed E-state index contributed by atoms with van der Waals surface area (Å²) < 4.78 is 0. The Hall–Kier alpha value is -3.19. The van der Waals surface area contributed by atoms with Gasteiger partial charge in [-0.2, -0.15) is 0 Å². The van der Waals surface area contributed by atoms with Crippen molar-refractivity contribution in [1.82, 2.24) is 4.98 Å². The maximum Gasteiger partial charge on any atom is 0.0349 e. The second-order valence-electron chi connectivity index (χ2n) is 6.11. The number of pyridine rings is 1. The fourth-order valence-electron chi connectivity index (χ4n) is 3.21. The summed E-state index contributed by atoms with van der Waals surface area (Å²) in [6.45, 7) is 0. The van der Waals surface area contributed by atoms with Crippen LogP contribution in [0.4, 0.5) is 0 Å². The first kappa shape index (κ1) is 15.3. The highest BCUT2D eigenvalue weighted by atomic mass is 14.6. The number of hydrogen-bond donors (Lipinski definition) is 0. The number of hydrogen-bond acceptors (Lipinski definition) is 1. The number of aromatic nitrogens is 1. The van der Waals surface area contributed by atoms with Gasteiger partial charge in [-0.3, -0.25) is 4.98 Å². The van der Waals surface area contributed by atoms with E-state index in [9.17, 15) is 0 Å². The van der Waals surface area contributed by atoms with Gasteiger partial charge >= 0.3 is 0 Å². The normalized spacial score (nSPS) is 10.6. The maximum atomic E-state index is 4.54. The molecular weight excluding hydrogens is 302 g/mol. The summed E-state index contributed by atoms with van der Waals surface area (Å²) in [6.07, 6.45) is 4.86. The lowest BCUT2D eigenvalue weighted by Crippen LogP contribution is -1.97. The van der Waals surface area contributed by atoms with Gasteiger partial charge in [-0.05, 0) is 28.7 Å². The molecule has 0 aliphatic rings. The second-order valence-corrected chi connectivity index (χ2v) is 6.11. The SMILES string of the molecule is c1ccc(Cc2c(-c3ccccc3)cncc2-c2ccccc2)cc1. The van der Waals surface area contributed by atoms with Crippen molar-refractivity contribution in [2.24, 2.45) is 0 Å². The lowest BCUT2D eigenvalue weighted by Gasteiger charge is -2.15. The third-order valence-electron chi connectivity index (χ3n) is 4.45. The minimum atomic E-state index is 0.887. The Balaban J connectivity index is 1.90. The summed E-state index contributed by atoms with van der Waals surface area (Å²) >= 11 is 0. The molecule has 0 N–H and O–H groups in total. The number of rotatable bonds is 4. The van der Waals surface area contributed by atoms with Crippen LogP contribution in [-0.2, 0) is 6.42 Å². The molecule has 0 atom stereocenters. The van der Waals surface area contributed by atoms with E-state index in [2.05, 4.69) is 96.0 Å².